The van der Waals surface area contributed by atoms with E-state index in [0.717, 1.165) is 25.0 Å². The molecule has 3 N–H and O–H groups in total. The van der Waals surface area contributed by atoms with Crippen LogP contribution in [0, 0.1) is 0 Å². The molecule has 0 aliphatic carbocycles. The first-order valence-electron chi connectivity index (χ1n) is 7.44. The molecule has 1 aromatic carbocycles. The lowest BCUT2D eigenvalue weighted by atomic mass is 9.87. The van der Waals surface area contributed by atoms with E-state index in [-0.39, 0.29) is 12.0 Å². The molecule has 1 rings (SSSR count). The molecule has 114 valence electrons. The lowest BCUT2D eigenvalue weighted by molar-refractivity contribution is 0.171. The van der Waals surface area contributed by atoms with Crippen LogP contribution in [0.2, 0.25) is 0 Å². The van der Waals surface area contributed by atoms with E-state index in [9.17, 15) is 5.11 Å². The van der Waals surface area contributed by atoms with Crippen LogP contribution in [0.15, 0.2) is 24.3 Å². The summed E-state index contributed by atoms with van der Waals surface area (Å²) in [4.78, 5) is 0. The molecule has 0 saturated carbocycles. The molecule has 0 aliphatic heterocycles. The lowest BCUT2D eigenvalue weighted by Crippen LogP contribution is -2.43. The first-order valence-corrected chi connectivity index (χ1v) is 7.44. The van der Waals surface area contributed by atoms with Gasteiger partial charge in [0, 0.05) is 5.54 Å². The van der Waals surface area contributed by atoms with Crippen LogP contribution in [0.1, 0.15) is 52.5 Å². The fraction of sp³-hybridized carbons (Fsp3) is 0.647. The number of hydrogen-bond acceptors (Lipinski definition) is 3. The third-order valence-corrected chi connectivity index (χ3v) is 3.83. The second-order valence-corrected chi connectivity index (χ2v) is 6.60. The van der Waals surface area contributed by atoms with E-state index in [1.807, 2.05) is 19.1 Å². The van der Waals surface area contributed by atoms with Crippen molar-refractivity contribution in [1.29, 1.82) is 0 Å². The normalized spacial score (nSPS) is 14.9. The van der Waals surface area contributed by atoms with Gasteiger partial charge >= 0.3 is 0 Å². The summed E-state index contributed by atoms with van der Waals surface area (Å²) in [6, 6.07) is 8.26. The highest BCUT2D eigenvalue weighted by Crippen LogP contribution is 2.24. The smallest absolute Gasteiger partial charge is 0.119 e. The summed E-state index contributed by atoms with van der Waals surface area (Å²) in [6.45, 7) is 9.26. The molecular weight excluding hydrogens is 250 g/mol. The average Bonchev–Trinajstić information content (AvgIpc) is 2.43. The third-order valence-electron chi connectivity index (χ3n) is 3.83. The zero-order valence-corrected chi connectivity index (χ0v) is 13.3. The maximum absolute atomic E-state index is 9.24. The summed E-state index contributed by atoms with van der Waals surface area (Å²) in [5, 5.41) is 9.24. The maximum Gasteiger partial charge on any atom is 0.119 e. The van der Waals surface area contributed by atoms with Crippen molar-refractivity contribution in [3.8, 4) is 5.75 Å². The van der Waals surface area contributed by atoms with Gasteiger partial charge in [-0.15, -0.1) is 0 Å². The monoisotopic (exact) mass is 279 g/mol. The molecule has 1 aromatic rings. The fourth-order valence-corrected chi connectivity index (χ4v) is 2.03. The molecule has 1 unspecified atom stereocenters. The maximum atomic E-state index is 9.24. The van der Waals surface area contributed by atoms with Crippen LogP contribution >= 0.6 is 0 Å². The molecule has 3 heteroatoms. The summed E-state index contributed by atoms with van der Waals surface area (Å²) >= 11 is 0. The van der Waals surface area contributed by atoms with E-state index in [2.05, 4.69) is 32.9 Å². The Bertz CT molecular complexity index is 388. The highest BCUT2D eigenvalue weighted by molar-refractivity contribution is 5.31. The minimum atomic E-state index is -0.459. The van der Waals surface area contributed by atoms with Crippen molar-refractivity contribution >= 4 is 0 Å². The summed E-state index contributed by atoms with van der Waals surface area (Å²) in [7, 11) is 0. The molecule has 20 heavy (non-hydrogen) atoms. The van der Waals surface area contributed by atoms with E-state index in [0.29, 0.717) is 6.61 Å². The summed E-state index contributed by atoms with van der Waals surface area (Å²) in [6.07, 6.45) is 2.41. The number of hydrogen-bond donors (Lipinski definition) is 2. The van der Waals surface area contributed by atoms with Crippen molar-refractivity contribution < 1.29 is 9.84 Å². The van der Waals surface area contributed by atoms with Crippen LogP contribution in [0.3, 0.4) is 0 Å². The van der Waals surface area contributed by atoms with Gasteiger partial charge in [0.1, 0.15) is 5.75 Å². The van der Waals surface area contributed by atoms with Crippen LogP contribution < -0.4 is 10.5 Å². The van der Waals surface area contributed by atoms with E-state index < -0.39 is 5.54 Å². The molecule has 1 atom stereocenters. The largest absolute Gasteiger partial charge is 0.494 e. The van der Waals surface area contributed by atoms with Gasteiger partial charge in [0.2, 0.25) is 0 Å². The van der Waals surface area contributed by atoms with Gasteiger partial charge in [-0.05, 0) is 42.4 Å². The molecule has 0 aromatic heterocycles. The number of benzene rings is 1. The summed E-state index contributed by atoms with van der Waals surface area (Å²) in [5.41, 5.74) is 7.05. The van der Waals surface area contributed by atoms with Crippen molar-refractivity contribution in [2.24, 2.45) is 5.73 Å². The first kappa shape index (κ1) is 17.0. The van der Waals surface area contributed by atoms with Crippen LogP contribution in [0.5, 0.6) is 5.75 Å². The standard InChI is InChI=1S/C17H29NO2/c1-5-17(18,13-19)11-6-12-20-15-9-7-14(8-10-15)16(2,3)4/h7-10,19H,5-6,11-13,18H2,1-4H3. The van der Waals surface area contributed by atoms with Crippen molar-refractivity contribution in [3.63, 3.8) is 0 Å². The summed E-state index contributed by atoms with van der Waals surface area (Å²) in [5.74, 6) is 0.890. The minimum absolute atomic E-state index is 0.0315. The molecule has 0 fully saturated rings. The van der Waals surface area contributed by atoms with E-state index in [1.165, 1.54) is 5.56 Å². The van der Waals surface area contributed by atoms with E-state index >= 15 is 0 Å². The van der Waals surface area contributed by atoms with Crippen molar-refractivity contribution in [2.45, 2.75) is 57.9 Å². The van der Waals surface area contributed by atoms with Gasteiger partial charge in [0.25, 0.3) is 0 Å². The average molecular weight is 279 g/mol. The predicted octanol–water partition coefficient (Wildman–Crippen LogP) is 3.24. The Morgan fingerprint density at radius 1 is 1.15 bits per heavy atom. The number of nitrogens with two attached hydrogens (primary N) is 1. The van der Waals surface area contributed by atoms with Gasteiger partial charge in [-0.2, -0.15) is 0 Å². The second kappa shape index (κ2) is 7.09. The molecule has 3 nitrogen and oxygen atoms in total. The molecular formula is C17H29NO2. The molecule has 0 bridgehead atoms. The molecule has 0 heterocycles. The van der Waals surface area contributed by atoms with Crippen LogP contribution in [-0.4, -0.2) is 23.9 Å². The number of aliphatic hydroxyl groups excluding tert-OH is 1. The minimum Gasteiger partial charge on any atom is -0.494 e. The topological polar surface area (TPSA) is 55.5 Å². The molecule has 0 spiro atoms. The van der Waals surface area contributed by atoms with Gasteiger partial charge < -0.3 is 15.6 Å². The molecule has 0 saturated heterocycles. The zero-order valence-electron chi connectivity index (χ0n) is 13.3. The SMILES string of the molecule is CCC(N)(CO)CCCOc1ccc(C(C)(C)C)cc1. The number of ether oxygens (including phenoxy) is 1. The Kier molecular flexibility index (Phi) is 6.03. The molecule has 0 amide bonds. The Morgan fingerprint density at radius 3 is 2.20 bits per heavy atom. The van der Waals surface area contributed by atoms with Crippen LogP contribution in [0.25, 0.3) is 0 Å². The van der Waals surface area contributed by atoms with Gasteiger partial charge in [-0.25, -0.2) is 0 Å². The Balaban J connectivity index is 2.40. The van der Waals surface area contributed by atoms with Gasteiger partial charge in [-0.1, -0.05) is 39.8 Å². The third kappa shape index (κ3) is 5.14. The lowest BCUT2D eigenvalue weighted by Gasteiger charge is -2.25. The number of rotatable bonds is 7. The van der Waals surface area contributed by atoms with Gasteiger partial charge in [0.05, 0.1) is 13.2 Å². The quantitative estimate of drug-likeness (QED) is 0.753. The second-order valence-electron chi connectivity index (χ2n) is 6.60. The van der Waals surface area contributed by atoms with E-state index in [4.69, 9.17) is 10.5 Å². The predicted molar refractivity (Wildman–Crippen MR) is 84.2 cm³/mol. The van der Waals surface area contributed by atoms with Crippen LogP contribution in [-0.2, 0) is 5.41 Å². The van der Waals surface area contributed by atoms with Crippen LogP contribution in [0.4, 0.5) is 0 Å². The number of aliphatic hydroxyl groups is 1. The van der Waals surface area contributed by atoms with Gasteiger partial charge in [0.15, 0.2) is 0 Å². The first-order chi connectivity index (χ1) is 9.30. The Morgan fingerprint density at radius 2 is 1.75 bits per heavy atom. The summed E-state index contributed by atoms with van der Waals surface area (Å²) < 4.78 is 5.72. The Labute approximate surface area is 123 Å². The zero-order chi connectivity index (χ0) is 15.2. The molecule has 0 aliphatic rings. The van der Waals surface area contributed by atoms with Crippen molar-refractivity contribution in [3.05, 3.63) is 29.8 Å². The van der Waals surface area contributed by atoms with E-state index in [1.54, 1.807) is 0 Å². The fourth-order valence-electron chi connectivity index (χ4n) is 2.03. The molecule has 0 radical (unpaired) electrons. The van der Waals surface area contributed by atoms with Crippen molar-refractivity contribution in [2.75, 3.05) is 13.2 Å². The Hall–Kier alpha value is -1.06. The van der Waals surface area contributed by atoms with Crippen molar-refractivity contribution in [1.82, 2.24) is 0 Å². The van der Waals surface area contributed by atoms with Gasteiger partial charge in [-0.3, -0.25) is 0 Å². The highest BCUT2D eigenvalue weighted by Gasteiger charge is 2.20. The highest BCUT2D eigenvalue weighted by atomic mass is 16.5.